The van der Waals surface area contributed by atoms with Crippen molar-refractivity contribution in [1.29, 1.82) is 0 Å². The summed E-state index contributed by atoms with van der Waals surface area (Å²) in [5, 5.41) is 0. The van der Waals surface area contributed by atoms with E-state index in [-0.39, 0.29) is 23.8 Å². The molecule has 0 aromatic heterocycles. The molecule has 4 rings (SSSR count). The van der Waals surface area contributed by atoms with E-state index in [0.717, 1.165) is 64.3 Å². The zero-order valence-electron chi connectivity index (χ0n) is 17.7. The molecule has 1 aromatic carbocycles. The molecule has 0 radical (unpaired) electrons. The predicted molar refractivity (Wildman–Crippen MR) is 110 cm³/mol. The summed E-state index contributed by atoms with van der Waals surface area (Å²) >= 11 is 0. The summed E-state index contributed by atoms with van der Waals surface area (Å²) in [6.07, 6.45) is 4.41. The van der Waals surface area contributed by atoms with Crippen LogP contribution in [0.5, 0.6) is 0 Å². The Hall–Kier alpha value is -2.02. The molecule has 2 amide bonds. The maximum absolute atomic E-state index is 14.0. The van der Waals surface area contributed by atoms with Crippen molar-refractivity contribution in [3.63, 3.8) is 0 Å². The van der Waals surface area contributed by atoms with Gasteiger partial charge in [-0.2, -0.15) is 0 Å². The van der Waals surface area contributed by atoms with E-state index in [1.165, 1.54) is 12.1 Å². The summed E-state index contributed by atoms with van der Waals surface area (Å²) in [7, 11) is 2.13. The molecule has 5 nitrogen and oxygen atoms in total. The largest absolute Gasteiger partial charge is 0.342 e. The Labute approximate surface area is 177 Å². The second kappa shape index (κ2) is 8.61. The van der Waals surface area contributed by atoms with Crippen LogP contribution in [0.2, 0.25) is 0 Å². The molecule has 3 fully saturated rings. The van der Waals surface area contributed by atoms with Crippen LogP contribution in [0, 0.1) is 23.0 Å². The van der Waals surface area contributed by atoms with Crippen LogP contribution in [0.1, 0.15) is 37.7 Å². The number of rotatable bonds is 4. The van der Waals surface area contributed by atoms with Gasteiger partial charge in [-0.1, -0.05) is 12.1 Å². The quantitative estimate of drug-likeness (QED) is 0.754. The number of carbonyl (C=O) groups is 2. The number of hydrogen-bond acceptors (Lipinski definition) is 3. The molecule has 0 N–H and O–H groups in total. The molecule has 30 heavy (non-hydrogen) atoms. The lowest BCUT2D eigenvalue weighted by molar-refractivity contribution is -0.143. The van der Waals surface area contributed by atoms with E-state index in [9.17, 15) is 18.4 Å². The molecule has 164 valence electrons. The standard InChI is InChI=1S/C23H31F2N3O2/c1-26-11-6-17(7-12-26)15-27-13-9-23(22(27)30)8-3-10-28(16-23)20(29)14-18-4-2-5-19(24)21(18)25/h2,4-5,17H,3,6-16H2,1H3. The van der Waals surface area contributed by atoms with Crippen LogP contribution >= 0.6 is 0 Å². The first-order chi connectivity index (χ1) is 14.4. The van der Waals surface area contributed by atoms with Crippen LogP contribution in [0.25, 0.3) is 0 Å². The van der Waals surface area contributed by atoms with E-state index in [1.54, 1.807) is 4.90 Å². The second-order valence-electron chi connectivity index (χ2n) is 9.34. The van der Waals surface area contributed by atoms with Gasteiger partial charge in [0.15, 0.2) is 11.6 Å². The van der Waals surface area contributed by atoms with Gasteiger partial charge in [0.25, 0.3) is 0 Å². The van der Waals surface area contributed by atoms with Crippen LogP contribution < -0.4 is 0 Å². The van der Waals surface area contributed by atoms with E-state index in [2.05, 4.69) is 11.9 Å². The van der Waals surface area contributed by atoms with E-state index in [0.29, 0.717) is 19.0 Å². The summed E-state index contributed by atoms with van der Waals surface area (Å²) in [4.78, 5) is 32.2. The third kappa shape index (κ3) is 4.22. The molecule has 0 bridgehead atoms. The maximum Gasteiger partial charge on any atom is 0.230 e. The first-order valence-electron chi connectivity index (χ1n) is 11.1. The third-order valence-electron chi connectivity index (χ3n) is 7.22. The van der Waals surface area contributed by atoms with E-state index in [1.807, 2.05) is 4.90 Å². The lowest BCUT2D eigenvalue weighted by Crippen LogP contribution is -2.50. The molecule has 3 saturated heterocycles. The lowest BCUT2D eigenvalue weighted by Gasteiger charge is -2.39. The molecule has 0 saturated carbocycles. The van der Waals surface area contributed by atoms with Crippen molar-refractivity contribution in [2.45, 2.75) is 38.5 Å². The van der Waals surface area contributed by atoms with Gasteiger partial charge in [0, 0.05) is 31.7 Å². The molecule has 3 aliphatic heterocycles. The minimum Gasteiger partial charge on any atom is -0.342 e. The summed E-state index contributed by atoms with van der Waals surface area (Å²) in [5.74, 6) is -1.40. The number of amides is 2. The number of piperidine rings is 2. The minimum atomic E-state index is -0.959. The smallest absolute Gasteiger partial charge is 0.230 e. The highest BCUT2D eigenvalue weighted by atomic mass is 19.2. The fourth-order valence-electron chi connectivity index (χ4n) is 5.31. The van der Waals surface area contributed by atoms with Gasteiger partial charge >= 0.3 is 0 Å². The molecular formula is C23H31F2N3O2. The van der Waals surface area contributed by atoms with Gasteiger partial charge in [0.05, 0.1) is 11.8 Å². The highest BCUT2D eigenvalue weighted by Crippen LogP contribution is 2.41. The van der Waals surface area contributed by atoms with Gasteiger partial charge in [-0.25, -0.2) is 8.78 Å². The molecule has 1 unspecified atom stereocenters. The highest BCUT2D eigenvalue weighted by molar-refractivity contribution is 5.87. The first kappa shape index (κ1) is 21.2. The first-order valence-corrected chi connectivity index (χ1v) is 11.1. The number of benzene rings is 1. The van der Waals surface area contributed by atoms with Crippen molar-refractivity contribution in [2.75, 3.05) is 46.3 Å². The Morgan fingerprint density at radius 1 is 1.13 bits per heavy atom. The normalized spacial score (nSPS) is 26.0. The molecular weight excluding hydrogens is 388 g/mol. The highest BCUT2D eigenvalue weighted by Gasteiger charge is 2.49. The molecule has 7 heteroatoms. The molecule has 3 heterocycles. The SMILES string of the molecule is CN1CCC(CN2CCC3(CCCN(C(=O)Cc4cccc(F)c4F)C3)C2=O)CC1. The van der Waals surface area contributed by atoms with Gasteiger partial charge in [0.2, 0.25) is 11.8 Å². The van der Waals surface area contributed by atoms with Crippen LogP contribution in [-0.2, 0) is 16.0 Å². The minimum absolute atomic E-state index is 0.0706. The Morgan fingerprint density at radius 2 is 1.90 bits per heavy atom. The summed E-state index contributed by atoms with van der Waals surface area (Å²) < 4.78 is 27.4. The van der Waals surface area contributed by atoms with E-state index >= 15 is 0 Å². The maximum atomic E-state index is 14.0. The van der Waals surface area contributed by atoms with Crippen molar-refractivity contribution in [3.05, 3.63) is 35.4 Å². The van der Waals surface area contributed by atoms with Crippen LogP contribution in [0.4, 0.5) is 8.78 Å². The summed E-state index contributed by atoms with van der Waals surface area (Å²) in [6, 6.07) is 3.91. The van der Waals surface area contributed by atoms with Gasteiger partial charge in [-0.05, 0) is 64.2 Å². The Morgan fingerprint density at radius 3 is 2.67 bits per heavy atom. The van der Waals surface area contributed by atoms with Crippen molar-refractivity contribution in [2.24, 2.45) is 11.3 Å². The number of nitrogens with zero attached hydrogens (tertiary/aromatic N) is 3. The molecule has 1 atom stereocenters. The zero-order valence-corrected chi connectivity index (χ0v) is 17.7. The molecule has 3 aliphatic rings. The van der Waals surface area contributed by atoms with Gasteiger partial charge in [-0.15, -0.1) is 0 Å². The average Bonchev–Trinajstić information content (AvgIpc) is 3.02. The predicted octanol–water partition coefficient (Wildman–Crippen LogP) is 2.69. The second-order valence-corrected chi connectivity index (χ2v) is 9.34. The van der Waals surface area contributed by atoms with Crippen molar-refractivity contribution < 1.29 is 18.4 Å². The van der Waals surface area contributed by atoms with Crippen LogP contribution in [0.3, 0.4) is 0 Å². The number of likely N-dealkylation sites (tertiary alicyclic amines) is 3. The lowest BCUT2D eigenvalue weighted by atomic mass is 9.78. The van der Waals surface area contributed by atoms with E-state index < -0.39 is 17.0 Å². The van der Waals surface area contributed by atoms with Crippen molar-refractivity contribution >= 4 is 11.8 Å². The van der Waals surface area contributed by atoms with E-state index in [4.69, 9.17) is 0 Å². The summed E-state index contributed by atoms with van der Waals surface area (Å²) in [5.41, 5.74) is -0.430. The Kier molecular flexibility index (Phi) is 6.09. The van der Waals surface area contributed by atoms with Gasteiger partial charge in [-0.3, -0.25) is 9.59 Å². The number of hydrogen-bond donors (Lipinski definition) is 0. The number of carbonyl (C=O) groups excluding carboxylic acids is 2. The molecule has 0 aliphatic carbocycles. The monoisotopic (exact) mass is 419 g/mol. The third-order valence-corrected chi connectivity index (χ3v) is 7.22. The van der Waals surface area contributed by atoms with Crippen LogP contribution in [-0.4, -0.2) is 72.8 Å². The van der Waals surface area contributed by atoms with Gasteiger partial charge in [0.1, 0.15) is 0 Å². The van der Waals surface area contributed by atoms with Gasteiger partial charge < -0.3 is 14.7 Å². The Balaban J connectivity index is 1.38. The fraction of sp³-hybridized carbons (Fsp3) is 0.652. The topological polar surface area (TPSA) is 43.9 Å². The average molecular weight is 420 g/mol. The number of halogens is 2. The fourth-order valence-corrected chi connectivity index (χ4v) is 5.31. The van der Waals surface area contributed by atoms with Crippen molar-refractivity contribution in [3.8, 4) is 0 Å². The Bertz CT molecular complexity index is 810. The molecule has 1 aromatic rings. The van der Waals surface area contributed by atoms with Crippen LogP contribution in [0.15, 0.2) is 18.2 Å². The molecule has 1 spiro atoms. The van der Waals surface area contributed by atoms with Crippen molar-refractivity contribution in [1.82, 2.24) is 14.7 Å². The zero-order chi connectivity index (χ0) is 21.3. The summed E-state index contributed by atoms with van der Waals surface area (Å²) in [6.45, 7) is 4.70.